The molecule has 1 amide bonds. The van der Waals surface area contributed by atoms with Gasteiger partial charge >= 0.3 is 0 Å². The smallest absolute Gasteiger partial charge is 0.287 e. The van der Waals surface area contributed by atoms with E-state index in [0.29, 0.717) is 18.3 Å². The van der Waals surface area contributed by atoms with Crippen molar-refractivity contribution >= 4 is 5.91 Å². The van der Waals surface area contributed by atoms with Crippen LogP contribution in [0.4, 0.5) is 0 Å². The Morgan fingerprint density at radius 1 is 1.12 bits per heavy atom. The summed E-state index contributed by atoms with van der Waals surface area (Å²) in [7, 11) is 1.63. The van der Waals surface area contributed by atoms with Crippen LogP contribution in [0.1, 0.15) is 53.4 Å². The third-order valence-electron chi connectivity index (χ3n) is 6.49. The van der Waals surface area contributed by atoms with Gasteiger partial charge in [0.25, 0.3) is 5.91 Å². The quantitative estimate of drug-likeness (QED) is 0.362. The third-order valence-corrected chi connectivity index (χ3v) is 6.49. The van der Waals surface area contributed by atoms with Crippen LogP contribution in [0.2, 0.25) is 0 Å². The SMILES string of the molecule is COc1cccc(CNC(=O)c2ccc(-c3c(-c4ccc(C)cc4)ncn3C3CCCC3)o2)c1. The first-order chi connectivity index (χ1) is 16.6. The van der Waals surface area contributed by atoms with Crippen LogP contribution in [0, 0.1) is 6.92 Å². The molecule has 1 fully saturated rings. The molecule has 1 aliphatic carbocycles. The number of hydrogen-bond donors (Lipinski definition) is 1. The van der Waals surface area contributed by atoms with Gasteiger partial charge in [0.2, 0.25) is 0 Å². The second kappa shape index (κ2) is 9.59. The minimum atomic E-state index is -0.252. The molecule has 6 nitrogen and oxygen atoms in total. The molecule has 0 aliphatic heterocycles. The van der Waals surface area contributed by atoms with E-state index in [4.69, 9.17) is 14.1 Å². The van der Waals surface area contributed by atoms with Crippen molar-refractivity contribution in [1.29, 1.82) is 0 Å². The lowest BCUT2D eigenvalue weighted by Crippen LogP contribution is -2.22. The first kappa shape index (κ1) is 22.0. The van der Waals surface area contributed by atoms with Gasteiger partial charge in [-0.25, -0.2) is 4.98 Å². The van der Waals surface area contributed by atoms with E-state index in [1.165, 1.54) is 18.4 Å². The summed E-state index contributed by atoms with van der Waals surface area (Å²) >= 11 is 0. The first-order valence-electron chi connectivity index (χ1n) is 11.8. The van der Waals surface area contributed by atoms with Gasteiger partial charge in [-0.1, -0.05) is 54.8 Å². The van der Waals surface area contributed by atoms with E-state index in [1.807, 2.05) is 36.7 Å². The predicted molar refractivity (Wildman–Crippen MR) is 132 cm³/mol. The van der Waals surface area contributed by atoms with Gasteiger partial charge in [0.05, 0.1) is 19.1 Å². The molecule has 2 aromatic heterocycles. The molecule has 1 N–H and O–H groups in total. The van der Waals surface area contributed by atoms with E-state index in [0.717, 1.165) is 41.1 Å². The third kappa shape index (κ3) is 4.49. The van der Waals surface area contributed by atoms with Gasteiger partial charge in [-0.3, -0.25) is 4.79 Å². The van der Waals surface area contributed by atoms with Crippen LogP contribution >= 0.6 is 0 Å². The van der Waals surface area contributed by atoms with Crippen molar-refractivity contribution in [3.05, 3.63) is 83.9 Å². The fraction of sp³-hybridized carbons (Fsp3) is 0.286. The molecule has 0 radical (unpaired) electrons. The highest BCUT2D eigenvalue weighted by Gasteiger charge is 2.25. The molecule has 5 rings (SSSR count). The van der Waals surface area contributed by atoms with Crippen molar-refractivity contribution in [3.63, 3.8) is 0 Å². The molecule has 2 aromatic carbocycles. The zero-order valence-electron chi connectivity index (χ0n) is 19.6. The molecule has 0 bridgehead atoms. The Bertz CT molecular complexity index is 1280. The maximum absolute atomic E-state index is 12.8. The van der Waals surface area contributed by atoms with Crippen LogP contribution in [0.25, 0.3) is 22.7 Å². The predicted octanol–water partition coefficient (Wildman–Crippen LogP) is 6.17. The molecule has 34 heavy (non-hydrogen) atoms. The Labute approximate surface area is 199 Å². The Kier molecular flexibility index (Phi) is 6.21. The molecule has 6 heteroatoms. The van der Waals surface area contributed by atoms with E-state index in [2.05, 4.69) is 41.1 Å². The van der Waals surface area contributed by atoms with Crippen LogP contribution in [0.15, 0.2) is 71.4 Å². The van der Waals surface area contributed by atoms with Crippen molar-refractivity contribution in [2.75, 3.05) is 7.11 Å². The molecular weight excluding hydrogens is 426 g/mol. The second-order valence-electron chi connectivity index (χ2n) is 8.85. The summed E-state index contributed by atoms with van der Waals surface area (Å²) in [5.41, 5.74) is 5.01. The number of ether oxygens (including phenoxy) is 1. The van der Waals surface area contributed by atoms with Gasteiger partial charge in [-0.05, 0) is 49.6 Å². The van der Waals surface area contributed by atoms with Gasteiger partial charge in [-0.2, -0.15) is 0 Å². The summed E-state index contributed by atoms with van der Waals surface area (Å²) in [6.45, 7) is 2.46. The number of aromatic nitrogens is 2. The molecule has 2 heterocycles. The number of imidazole rings is 1. The number of amides is 1. The summed E-state index contributed by atoms with van der Waals surface area (Å²) in [6.07, 6.45) is 6.62. The Morgan fingerprint density at radius 2 is 1.91 bits per heavy atom. The summed E-state index contributed by atoms with van der Waals surface area (Å²) < 4.78 is 13.6. The van der Waals surface area contributed by atoms with Crippen LogP contribution in [-0.4, -0.2) is 22.6 Å². The normalized spacial score (nSPS) is 13.8. The van der Waals surface area contributed by atoms with Gasteiger partial charge < -0.3 is 19.0 Å². The number of aryl methyl sites for hydroxylation is 1. The summed E-state index contributed by atoms with van der Waals surface area (Å²) in [5.74, 6) is 1.45. The molecule has 1 saturated carbocycles. The van der Waals surface area contributed by atoms with E-state index < -0.39 is 0 Å². The van der Waals surface area contributed by atoms with E-state index >= 15 is 0 Å². The number of carbonyl (C=O) groups excluding carboxylic acids is 1. The van der Waals surface area contributed by atoms with Gasteiger partial charge in [0, 0.05) is 18.2 Å². The fourth-order valence-corrected chi connectivity index (χ4v) is 4.63. The maximum Gasteiger partial charge on any atom is 0.287 e. The number of nitrogens with zero attached hydrogens (tertiary/aromatic N) is 2. The molecule has 0 atom stereocenters. The molecule has 4 aromatic rings. The van der Waals surface area contributed by atoms with Gasteiger partial charge in [0.15, 0.2) is 11.5 Å². The molecule has 0 spiro atoms. The fourth-order valence-electron chi connectivity index (χ4n) is 4.63. The van der Waals surface area contributed by atoms with Crippen molar-refractivity contribution in [1.82, 2.24) is 14.9 Å². The Hall–Kier alpha value is -3.80. The number of nitrogens with one attached hydrogen (secondary N) is 1. The monoisotopic (exact) mass is 455 g/mol. The number of benzene rings is 2. The first-order valence-corrected chi connectivity index (χ1v) is 11.8. The second-order valence-corrected chi connectivity index (χ2v) is 8.85. The molecule has 1 aliphatic rings. The number of carbonyl (C=O) groups is 1. The maximum atomic E-state index is 12.8. The van der Waals surface area contributed by atoms with Crippen LogP contribution in [-0.2, 0) is 6.54 Å². The van der Waals surface area contributed by atoms with E-state index in [9.17, 15) is 4.79 Å². The summed E-state index contributed by atoms with van der Waals surface area (Å²) in [4.78, 5) is 17.6. The van der Waals surface area contributed by atoms with Crippen LogP contribution < -0.4 is 10.1 Å². The average molecular weight is 456 g/mol. The zero-order valence-corrected chi connectivity index (χ0v) is 19.6. The van der Waals surface area contributed by atoms with Crippen LogP contribution in [0.3, 0.4) is 0 Å². The lowest BCUT2D eigenvalue weighted by atomic mass is 10.1. The van der Waals surface area contributed by atoms with Crippen molar-refractivity contribution < 1.29 is 13.9 Å². The highest BCUT2D eigenvalue weighted by atomic mass is 16.5. The Balaban J connectivity index is 1.42. The lowest BCUT2D eigenvalue weighted by Gasteiger charge is -2.15. The topological polar surface area (TPSA) is 69.3 Å². The van der Waals surface area contributed by atoms with E-state index in [-0.39, 0.29) is 11.7 Å². The molecule has 0 saturated heterocycles. The minimum absolute atomic E-state index is 0.252. The number of methoxy groups -OCH3 is 1. The number of rotatable bonds is 7. The average Bonchev–Trinajstić information content (AvgIpc) is 3.63. The van der Waals surface area contributed by atoms with Crippen molar-refractivity contribution in [3.8, 4) is 28.5 Å². The largest absolute Gasteiger partial charge is 0.497 e. The standard InChI is InChI=1S/C28H29N3O3/c1-19-10-12-21(13-11-19)26-27(31(18-30-26)22-7-3-4-8-22)24-14-15-25(34-24)28(32)29-17-20-6-5-9-23(16-20)33-2/h5-6,9-16,18,22H,3-4,7-8,17H2,1-2H3,(H,29,32). The van der Waals surface area contributed by atoms with Crippen molar-refractivity contribution in [2.45, 2.75) is 45.2 Å². The molecule has 0 unspecified atom stereocenters. The lowest BCUT2D eigenvalue weighted by molar-refractivity contribution is 0.0924. The van der Waals surface area contributed by atoms with Crippen molar-refractivity contribution in [2.24, 2.45) is 0 Å². The summed E-state index contributed by atoms with van der Waals surface area (Å²) in [6, 6.07) is 20.0. The Morgan fingerprint density at radius 3 is 2.68 bits per heavy atom. The van der Waals surface area contributed by atoms with E-state index in [1.54, 1.807) is 13.2 Å². The highest BCUT2D eigenvalue weighted by molar-refractivity contribution is 5.92. The summed E-state index contributed by atoms with van der Waals surface area (Å²) in [5, 5.41) is 2.94. The number of hydrogen-bond acceptors (Lipinski definition) is 4. The number of furan rings is 1. The van der Waals surface area contributed by atoms with Gasteiger partial charge in [-0.15, -0.1) is 0 Å². The zero-order chi connectivity index (χ0) is 23.5. The molecule has 174 valence electrons. The van der Waals surface area contributed by atoms with Gasteiger partial charge in [0.1, 0.15) is 11.4 Å². The van der Waals surface area contributed by atoms with Crippen LogP contribution in [0.5, 0.6) is 5.75 Å². The molecular formula is C28H29N3O3. The highest BCUT2D eigenvalue weighted by Crippen LogP contribution is 2.39. The minimum Gasteiger partial charge on any atom is -0.497 e.